The van der Waals surface area contributed by atoms with Crippen molar-refractivity contribution in [1.29, 1.82) is 0 Å². The van der Waals surface area contributed by atoms with E-state index in [0.29, 0.717) is 0 Å². The van der Waals surface area contributed by atoms with Crippen molar-refractivity contribution >= 4 is 23.8 Å². The Morgan fingerprint density at radius 3 is 2.48 bits per heavy atom. The highest BCUT2D eigenvalue weighted by atomic mass is 16.6. The molecule has 0 fully saturated rings. The number of ether oxygens (including phenoxy) is 3. The average Bonchev–Trinajstić information content (AvgIpc) is 3.14. The number of carboxylic acid groups (broad SMARTS) is 1. The fourth-order valence-electron chi connectivity index (χ4n) is 2.84. The van der Waals surface area contributed by atoms with Crippen molar-refractivity contribution in [2.75, 3.05) is 20.8 Å². The number of amides is 1. The second-order valence-electron chi connectivity index (χ2n) is 5.58. The minimum absolute atomic E-state index is 0.000172. The molecule has 0 aliphatic carbocycles. The molecule has 9 heteroatoms. The van der Waals surface area contributed by atoms with Crippen LogP contribution in [0.2, 0.25) is 0 Å². The van der Waals surface area contributed by atoms with Gasteiger partial charge in [-0.05, 0) is 12.5 Å². The maximum Gasteiger partial charge on any atom is 0.337 e. The monoisotopic (exact) mass is 353 g/mol. The molecule has 2 bridgehead atoms. The molecule has 0 radical (unpaired) electrons. The first-order valence-electron chi connectivity index (χ1n) is 7.61. The van der Waals surface area contributed by atoms with Gasteiger partial charge in [-0.2, -0.15) is 0 Å². The number of rotatable bonds is 8. The standard InChI is InChI=1S/C16H19NO8/c1-23-14(21)12-9-6-7-16(25-9,13(12)15(22)24-2)8-17-10(18)4-3-5-11(19)20/h6-7,9H,3-5,8H2,1-2H3,(H,17,18)(H,19,20). The van der Waals surface area contributed by atoms with E-state index in [9.17, 15) is 19.2 Å². The highest BCUT2D eigenvalue weighted by molar-refractivity contribution is 6.05. The number of carbonyl (C=O) groups is 4. The third kappa shape index (κ3) is 3.71. The van der Waals surface area contributed by atoms with Crippen molar-refractivity contribution in [3.05, 3.63) is 23.3 Å². The van der Waals surface area contributed by atoms with Gasteiger partial charge in [-0.15, -0.1) is 0 Å². The zero-order valence-electron chi connectivity index (χ0n) is 13.9. The summed E-state index contributed by atoms with van der Waals surface area (Å²) in [6, 6.07) is 0. The highest BCUT2D eigenvalue weighted by Gasteiger charge is 2.54. The van der Waals surface area contributed by atoms with E-state index in [0.717, 1.165) is 0 Å². The molecule has 9 nitrogen and oxygen atoms in total. The Morgan fingerprint density at radius 2 is 1.88 bits per heavy atom. The van der Waals surface area contributed by atoms with E-state index in [1.54, 1.807) is 12.2 Å². The van der Waals surface area contributed by atoms with Gasteiger partial charge in [-0.25, -0.2) is 9.59 Å². The maximum atomic E-state index is 12.2. The predicted molar refractivity (Wildman–Crippen MR) is 82.3 cm³/mol. The third-order valence-electron chi connectivity index (χ3n) is 3.99. The maximum absolute atomic E-state index is 12.2. The lowest BCUT2D eigenvalue weighted by atomic mass is 9.86. The van der Waals surface area contributed by atoms with Crippen LogP contribution in [0.3, 0.4) is 0 Å². The summed E-state index contributed by atoms with van der Waals surface area (Å²) in [6.45, 7) is -0.0865. The van der Waals surface area contributed by atoms with E-state index in [-0.39, 0.29) is 42.9 Å². The predicted octanol–water partition coefficient (Wildman–Crippen LogP) is -0.292. The number of fused-ring (bicyclic) bond motifs is 2. The molecule has 0 aromatic carbocycles. The van der Waals surface area contributed by atoms with Crippen LogP contribution in [0.25, 0.3) is 0 Å². The number of carbonyl (C=O) groups excluding carboxylic acids is 3. The largest absolute Gasteiger partial charge is 0.481 e. The van der Waals surface area contributed by atoms with Crippen LogP contribution in [0.4, 0.5) is 0 Å². The fourth-order valence-corrected chi connectivity index (χ4v) is 2.84. The van der Waals surface area contributed by atoms with Gasteiger partial charge in [0.1, 0.15) is 11.7 Å². The minimum Gasteiger partial charge on any atom is -0.481 e. The fraction of sp³-hybridized carbons (Fsp3) is 0.500. The molecule has 2 atom stereocenters. The quantitative estimate of drug-likeness (QED) is 0.450. The lowest BCUT2D eigenvalue weighted by molar-refractivity contribution is -0.139. The first kappa shape index (κ1) is 18.7. The number of esters is 2. The van der Waals surface area contributed by atoms with Crippen molar-refractivity contribution in [1.82, 2.24) is 5.32 Å². The van der Waals surface area contributed by atoms with E-state index < -0.39 is 29.6 Å². The third-order valence-corrected chi connectivity index (χ3v) is 3.99. The number of hydrogen-bond donors (Lipinski definition) is 2. The van der Waals surface area contributed by atoms with Crippen LogP contribution in [-0.4, -0.2) is 61.4 Å². The van der Waals surface area contributed by atoms with Crippen LogP contribution in [-0.2, 0) is 33.4 Å². The van der Waals surface area contributed by atoms with Gasteiger partial charge in [-0.3, -0.25) is 9.59 Å². The SMILES string of the molecule is COC(=O)C1=C(C(=O)OC)C2(CNC(=O)CCCC(=O)O)C=CC1O2. The highest BCUT2D eigenvalue weighted by Crippen LogP contribution is 2.43. The van der Waals surface area contributed by atoms with Gasteiger partial charge in [0.25, 0.3) is 0 Å². The van der Waals surface area contributed by atoms with Crippen molar-refractivity contribution in [3.8, 4) is 0 Å². The summed E-state index contributed by atoms with van der Waals surface area (Å²) in [7, 11) is 2.37. The van der Waals surface area contributed by atoms with Crippen LogP contribution in [0.5, 0.6) is 0 Å². The van der Waals surface area contributed by atoms with Crippen molar-refractivity contribution < 1.29 is 38.5 Å². The Bertz CT molecular complexity index is 665. The number of hydrogen-bond acceptors (Lipinski definition) is 7. The summed E-state index contributed by atoms with van der Waals surface area (Å²) < 4.78 is 15.2. The van der Waals surface area contributed by atoms with E-state index >= 15 is 0 Å². The van der Waals surface area contributed by atoms with Gasteiger partial charge in [-0.1, -0.05) is 6.08 Å². The normalized spacial score (nSPS) is 23.5. The Kier molecular flexibility index (Phi) is 5.58. The number of methoxy groups -OCH3 is 2. The minimum atomic E-state index is -1.30. The molecule has 0 aromatic heterocycles. The molecule has 2 N–H and O–H groups in total. The lowest BCUT2D eigenvalue weighted by Gasteiger charge is -2.25. The molecule has 1 amide bonds. The lowest BCUT2D eigenvalue weighted by Crippen LogP contribution is -2.44. The molecule has 2 heterocycles. The smallest absolute Gasteiger partial charge is 0.337 e. The van der Waals surface area contributed by atoms with Crippen LogP contribution in [0.15, 0.2) is 23.3 Å². The zero-order chi connectivity index (χ0) is 18.6. The molecule has 2 aliphatic rings. The average molecular weight is 353 g/mol. The number of nitrogens with one attached hydrogen (secondary N) is 1. The summed E-state index contributed by atoms with van der Waals surface area (Å²) in [6.07, 6.45) is 2.56. The number of aliphatic carboxylic acids is 1. The Labute approximate surface area is 143 Å². The first-order valence-corrected chi connectivity index (χ1v) is 7.61. The Morgan fingerprint density at radius 1 is 1.20 bits per heavy atom. The van der Waals surface area contributed by atoms with Gasteiger partial charge < -0.3 is 24.6 Å². The second-order valence-corrected chi connectivity index (χ2v) is 5.58. The topological polar surface area (TPSA) is 128 Å². The second kappa shape index (κ2) is 7.47. The van der Waals surface area contributed by atoms with Gasteiger partial charge in [0, 0.05) is 12.8 Å². The molecule has 25 heavy (non-hydrogen) atoms. The van der Waals surface area contributed by atoms with Crippen LogP contribution in [0.1, 0.15) is 19.3 Å². The molecule has 0 aromatic rings. The van der Waals surface area contributed by atoms with E-state index in [1.807, 2.05) is 0 Å². The summed E-state index contributed by atoms with van der Waals surface area (Å²) >= 11 is 0. The van der Waals surface area contributed by atoms with E-state index in [4.69, 9.17) is 19.3 Å². The van der Waals surface area contributed by atoms with Crippen LogP contribution < -0.4 is 5.32 Å². The van der Waals surface area contributed by atoms with Gasteiger partial charge in [0.2, 0.25) is 5.91 Å². The van der Waals surface area contributed by atoms with Gasteiger partial charge in [0.05, 0.1) is 31.9 Å². The number of carboxylic acids is 1. The van der Waals surface area contributed by atoms with Gasteiger partial charge >= 0.3 is 17.9 Å². The van der Waals surface area contributed by atoms with Crippen LogP contribution >= 0.6 is 0 Å². The van der Waals surface area contributed by atoms with Crippen molar-refractivity contribution in [2.45, 2.75) is 31.0 Å². The molecule has 0 saturated heterocycles. The summed E-state index contributed by atoms with van der Waals surface area (Å²) in [4.78, 5) is 46.5. The molecule has 136 valence electrons. The van der Waals surface area contributed by atoms with E-state index in [2.05, 4.69) is 5.32 Å². The molecule has 2 aliphatic heterocycles. The Balaban J connectivity index is 2.12. The van der Waals surface area contributed by atoms with Crippen LogP contribution in [0, 0.1) is 0 Å². The van der Waals surface area contributed by atoms with E-state index in [1.165, 1.54) is 14.2 Å². The molecular formula is C16H19NO8. The summed E-state index contributed by atoms with van der Waals surface area (Å²) in [5.74, 6) is -2.81. The molecule has 2 unspecified atom stereocenters. The molecule has 0 spiro atoms. The van der Waals surface area contributed by atoms with Crippen molar-refractivity contribution in [2.24, 2.45) is 0 Å². The summed E-state index contributed by atoms with van der Waals surface area (Å²) in [5, 5.41) is 11.2. The zero-order valence-corrected chi connectivity index (χ0v) is 13.9. The van der Waals surface area contributed by atoms with Gasteiger partial charge in [0.15, 0.2) is 0 Å². The Hall–Kier alpha value is -2.68. The van der Waals surface area contributed by atoms with Crippen molar-refractivity contribution in [3.63, 3.8) is 0 Å². The molecule has 0 saturated carbocycles. The molecule has 2 rings (SSSR count). The summed E-state index contributed by atoms with van der Waals surface area (Å²) in [5.41, 5.74) is -1.25. The molecular weight excluding hydrogens is 334 g/mol. The first-order chi connectivity index (χ1) is 11.8.